The molecule has 0 unspecified atom stereocenters. The van der Waals surface area contributed by atoms with Crippen LogP contribution in [0, 0.1) is 0 Å². The van der Waals surface area contributed by atoms with E-state index in [1.807, 2.05) is 6.92 Å². The van der Waals surface area contributed by atoms with Crippen molar-refractivity contribution in [1.82, 2.24) is 25.4 Å². The van der Waals surface area contributed by atoms with Crippen LogP contribution in [0.4, 0.5) is 0 Å². The number of rotatable bonds is 12. The van der Waals surface area contributed by atoms with Crippen molar-refractivity contribution in [2.75, 3.05) is 39.1 Å². The maximum atomic E-state index is 5.37. The third-order valence-electron chi connectivity index (χ3n) is 4.74. The number of aliphatic imine (C=N–C) groups is 1. The maximum Gasteiger partial charge on any atom is 0.191 e. The summed E-state index contributed by atoms with van der Waals surface area (Å²) < 4.78 is 7.76. The van der Waals surface area contributed by atoms with Gasteiger partial charge in [0.2, 0.25) is 0 Å². The first-order valence-corrected chi connectivity index (χ1v) is 11.6. The highest BCUT2D eigenvalue weighted by atomic mass is 32.2. The molecular weight excluding hydrogens is 360 g/mol. The van der Waals surface area contributed by atoms with E-state index in [0.29, 0.717) is 6.04 Å². The monoisotopic (exact) mass is 396 g/mol. The Morgan fingerprint density at radius 1 is 1.22 bits per heavy atom. The molecule has 1 aliphatic rings. The van der Waals surface area contributed by atoms with E-state index in [1.54, 1.807) is 11.8 Å². The predicted molar refractivity (Wildman–Crippen MR) is 113 cm³/mol. The van der Waals surface area contributed by atoms with Gasteiger partial charge in [-0.1, -0.05) is 24.6 Å². The van der Waals surface area contributed by atoms with E-state index in [4.69, 9.17) is 9.73 Å². The molecule has 1 fully saturated rings. The highest BCUT2D eigenvalue weighted by Crippen LogP contribution is 2.33. The lowest BCUT2D eigenvalue weighted by molar-refractivity contribution is 0.145. The maximum absolute atomic E-state index is 5.37. The van der Waals surface area contributed by atoms with Gasteiger partial charge >= 0.3 is 0 Å². The highest BCUT2D eigenvalue weighted by molar-refractivity contribution is 7.98. The zero-order valence-corrected chi connectivity index (χ0v) is 18.0. The van der Waals surface area contributed by atoms with Gasteiger partial charge in [-0.05, 0) is 45.8 Å². The first kappa shape index (κ1) is 22.0. The van der Waals surface area contributed by atoms with Gasteiger partial charge in [-0.2, -0.15) is 0 Å². The Kier molecular flexibility index (Phi) is 10.6. The fourth-order valence-electron chi connectivity index (χ4n) is 3.44. The van der Waals surface area contributed by atoms with Crippen LogP contribution < -0.4 is 10.6 Å². The summed E-state index contributed by atoms with van der Waals surface area (Å²) in [7, 11) is 0. The van der Waals surface area contributed by atoms with Crippen molar-refractivity contribution in [3.63, 3.8) is 0 Å². The van der Waals surface area contributed by atoms with Gasteiger partial charge in [0.15, 0.2) is 11.1 Å². The lowest BCUT2D eigenvalue weighted by atomic mass is 10.2. The number of ether oxygens (including phenoxy) is 1. The summed E-state index contributed by atoms with van der Waals surface area (Å²) in [6.45, 7) is 8.20. The summed E-state index contributed by atoms with van der Waals surface area (Å²) in [5.74, 6) is 2.01. The molecule has 0 radical (unpaired) electrons. The third-order valence-corrected chi connectivity index (χ3v) is 5.39. The summed E-state index contributed by atoms with van der Waals surface area (Å²) in [6, 6.07) is 0.588. The van der Waals surface area contributed by atoms with Gasteiger partial charge in [-0.25, -0.2) is 0 Å². The van der Waals surface area contributed by atoms with Crippen molar-refractivity contribution >= 4 is 17.7 Å². The Labute approximate surface area is 168 Å². The molecular formula is C19H36N6OS. The summed E-state index contributed by atoms with van der Waals surface area (Å²) in [5.41, 5.74) is 0. The quantitative estimate of drug-likeness (QED) is 0.245. The second-order valence-corrected chi connectivity index (χ2v) is 7.53. The average molecular weight is 397 g/mol. The van der Waals surface area contributed by atoms with Crippen molar-refractivity contribution in [2.24, 2.45) is 4.99 Å². The van der Waals surface area contributed by atoms with Gasteiger partial charge in [-0.3, -0.25) is 4.99 Å². The number of nitrogens with zero attached hydrogens (tertiary/aromatic N) is 4. The number of aromatic nitrogens is 3. The molecule has 0 amide bonds. The molecule has 154 valence electrons. The van der Waals surface area contributed by atoms with Crippen LogP contribution in [-0.4, -0.2) is 59.8 Å². The van der Waals surface area contributed by atoms with Crippen molar-refractivity contribution in [2.45, 2.75) is 70.0 Å². The normalized spacial score (nSPS) is 15.4. The standard InChI is InChI=1S/C19H36N6OS/c1-4-20-18(22-14-9-15-26-5-2)21-13-8-12-17-23-24-19(27-3)25(17)16-10-6-7-11-16/h16H,4-15H2,1-3H3,(H2,20,21,22). The lowest BCUT2D eigenvalue weighted by Gasteiger charge is -2.16. The minimum absolute atomic E-state index is 0.588. The van der Waals surface area contributed by atoms with E-state index in [9.17, 15) is 0 Å². The van der Waals surface area contributed by atoms with Gasteiger partial charge in [-0.15, -0.1) is 10.2 Å². The fraction of sp³-hybridized carbons (Fsp3) is 0.842. The van der Waals surface area contributed by atoms with Crippen LogP contribution in [0.25, 0.3) is 0 Å². The van der Waals surface area contributed by atoms with Crippen LogP contribution in [0.2, 0.25) is 0 Å². The second kappa shape index (κ2) is 13.0. The molecule has 0 bridgehead atoms. The van der Waals surface area contributed by atoms with Crippen molar-refractivity contribution in [3.05, 3.63) is 5.82 Å². The van der Waals surface area contributed by atoms with Gasteiger partial charge < -0.3 is 19.9 Å². The Morgan fingerprint density at radius 2 is 2.04 bits per heavy atom. The SMILES string of the molecule is CCNC(=NCCCc1nnc(SC)n1C1CCCC1)NCCCOCC. The largest absolute Gasteiger partial charge is 0.382 e. The highest BCUT2D eigenvalue weighted by Gasteiger charge is 2.23. The minimum atomic E-state index is 0.588. The first-order chi connectivity index (χ1) is 13.3. The van der Waals surface area contributed by atoms with Crippen molar-refractivity contribution < 1.29 is 4.74 Å². The van der Waals surface area contributed by atoms with E-state index in [1.165, 1.54) is 25.7 Å². The molecule has 1 aromatic heterocycles. The molecule has 0 saturated heterocycles. The molecule has 27 heavy (non-hydrogen) atoms. The van der Waals surface area contributed by atoms with Crippen LogP contribution in [0.1, 0.15) is 64.2 Å². The molecule has 0 atom stereocenters. The molecule has 1 aromatic rings. The van der Waals surface area contributed by atoms with Crippen LogP contribution in [0.15, 0.2) is 10.1 Å². The lowest BCUT2D eigenvalue weighted by Crippen LogP contribution is -2.38. The van der Waals surface area contributed by atoms with E-state index < -0.39 is 0 Å². The number of thioether (sulfide) groups is 1. The molecule has 1 aliphatic carbocycles. The van der Waals surface area contributed by atoms with Crippen LogP contribution >= 0.6 is 11.8 Å². The number of aryl methyl sites for hydroxylation is 1. The van der Waals surface area contributed by atoms with Crippen molar-refractivity contribution in [3.8, 4) is 0 Å². The Balaban J connectivity index is 1.81. The molecule has 0 aliphatic heterocycles. The summed E-state index contributed by atoms with van der Waals surface area (Å²) >= 11 is 1.70. The summed E-state index contributed by atoms with van der Waals surface area (Å²) in [5, 5.41) is 16.6. The number of nitrogens with one attached hydrogen (secondary N) is 2. The van der Waals surface area contributed by atoms with E-state index in [-0.39, 0.29) is 0 Å². The van der Waals surface area contributed by atoms with Gasteiger partial charge in [0, 0.05) is 45.3 Å². The zero-order valence-electron chi connectivity index (χ0n) is 17.2. The van der Waals surface area contributed by atoms with E-state index in [2.05, 4.69) is 38.6 Å². The van der Waals surface area contributed by atoms with Gasteiger partial charge in [0.05, 0.1) is 0 Å². The Bertz CT molecular complexity index is 556. The fourth-order valence-corrected chi connectivity index (χ4v) is 4.02. The summed E-state index contributed by atoms with van der Waals surface area (Å²) in [6.07, 6.45) is 10.1. The van der Waals surface area contributed by atoms with E-state index in [0.717, 1.165) is 69.1 Å². The molecule has 2 N–H and O–H groups in total. The topological polar surface area (TPSA) is 76.4 Å². The Morgan fingerprint density at radius 3 is 2.74 bits per heavy atom. The first-order valence-electron chi connectivity index (χ1n) is 10.4. The molecule has 0 spiro atoms. The average Bonchev–Trinajstić information content (AvgIpc) is 3.33. The number of hydrogen-bond donors (Lipinski definition) is 2. The van der Waals surface area contributed by atoms with Crippen molar-refractivity contribution in [1.29, 1.82) is 0 Å². The second-order valence-electron chi connectivity index (χ2n) is 6.75. The minimum Gasteiger partial charge on any atom is -0.382 e. The molecule has 1 saturated carbocycles. The molecule has 1 heterocycles. The smallest absolute Gasteiger partial charge is 0.191 e. The molecule has 8 heteroatoms. The van der Waals surface area contributed by atoms with Crippen LogP contribution in [0.3, 0.4) is 0 Å². The summed E-state index contributed by atoms with van der Waals surface area (Å²) in [4.78, 5) is 4.69. The zero-order chi connectivity index (χ0) is 19.3. The van der Waals surface area contributed by atoms with E-state index >= 15 is 0 Å². The van der Waals surface area contributed by atoms with Gasteiger partial charge in [0.1, 0.15) is 5.82 Å². The van der Waals surface area contributed by atoms with Gasteiger partial charge in [0.25, 0.3) is 0 Å². The van der Waals surface area contributed by atoms with Crippen LogP contribution in [-0.2, 0) is 11.2 Å². The van der Waals surface area contributed by atoms with Crippen LogP contribution in [0.5, 0.6) is 0 Å². The predicted octanol–water partition coefficient (Wildman–Crippen LogP) is 3.03. The number of hydrogen-bond acceptors (Lipinski definition) is 5. The molecule has 2 rings (SSSR count). The third kappa shape index (κ3) is 7.33. The number of guanidine groups is 1. The molecule has 7 nitrogen and oxygen atoms in total. The molecule has 0 aromatic carbocycles. The Hall–Kier alpha value is -1.28.